The van der Waals surface area contributed by atoms with Gasteiger partial charge in [-0.25, -0.2) is 9.97 Å². The smallest absolute Gasteiger partial charge is 0.129 e. The van der Waals surface area contributed by atoms with Gasteiger partial charge in [0.15, 0.2) is 0 Å². The van der Waals surface area contributed by atoms with Gasteiger partial charge in [-0.15, -0.1) is 0 Å². The summed E-state index contributed by atoms with van der Waals surface area (Å²) in [6.07, 6.45) is 8.42. The molecule has 0 saturated heterocycles. The molecule has 1 aromatic rings. The van der Waals surface area contributed by atoms with Crippen LogP contribution in [-0.4, -0.2) is 27.2 Å². The maximum atomic E-state index is 9.90. The number of anilines is 1. The van der Waals surface area contributed by atoms with Gasteiger partial charge in [0.1, 0.15) is 12.1 Å². The molecule has 2 atom stereocenters. The highest BCUT2D eigenvalue weighted by atomic mass is 16.3. The van der Waals surface area contributed by atoms with Crippen LogP contribution >= 0.6 is 0 Å². The van der Waals surface area contributed by atoms with Gasteiger partial charge in [-0.2, -0.15) is 0 Å². The summed E-state index contributed by atoms with van der Waals surface area (Å²) in [7, 11) is 0. The van der Waals surface area contributed by atoms with Crippen molar-refractivity contribution in [1.29, 1.82) is 0 Å². The number of nitrogens with zero attached hydrogens (tertiary/aromatic N) is 2. The first kappa shape index (κ1) is 10.4. The van der Waals surface area contributed by atoms with E-state index in [0.29, 0.717) is 0 Å². The number of aliphatic hydroxyl groups excluding tert-OH is 1. The molecule has 0 aliphatic heterocycles. The van der Waals surface area contributed by atoms with Crippen molar-refractivity contribution in [2.45, 2.75) is 44.2 Å². The summed E-state index contributed by atoms with van der Waals surface area (Å²) in [5.74, 6) is 0.802. The van der Waals surface area contributed by atoms with Crippen molar-refractivity contribution in [3.8, 4) is 0 Å². The Balaban J connectivity index is 1.97. The molecule has 4 nitrogen and oxygen atoms in total. The second-order valence-electron chi connectivity index (χ2n) is 4.05. The van der Waals surface area contributed by atoms with Crippen LogP contribution < -0.4 is 5.32 Å². The third kappa shape index (κ3) is 2.89. The van der Waals surface area contributed by atoms with E-state index in [0.717, 1.165) is 25.1 Å². The van der Waals surface area contributed by atoms with E-state index in [-0.39, 0.29) is 12.1 Å². The molecule has 82 valence electrons. The predicted octanol–water partition coefficient (Wildman–Crippen LogP) is 1.58. The lowest BCUT2D eigenvalue weighted by Crippen LogP contribution is -2.32. The second kappa shape index (κ2) is 5.07. The maximum absolute atomic E-state index is 9.90. The van der Waals surface area contributed by atoms with E-state index in [1.165, 1.54) is 19.2 Å². The first-order valence-corrected chi connectivity index (χ1v) is 5.57. The van der Waals surface area contributed by atoms with E-state index in [1.807, 2.05) is 6.07 Å². The van der Waals surface area contributed by atoms with Gasteiger partial charge in [0.05, 0.1) is 12.1 Å². The second-order valence-corrected chi connectivity index (χ2v) is 4.05. The quantitative estimate of drug-likeness (QED) is 0.723. The van der Waals surface area contributed by atoms with Crippen molar-refractivity contribution in [2.75, 3.05) is 5.32 Å². The summed E-state index contributed by atoms with van der Waals surface area (Å²) in [5, 5.41) is 13.2. The number of aromatic nitrogens is 2. The van der Waals surface area contributed by atoms with Gasteiger partial charge in [0.2, 0.25) is 0 Å². The van der Waals surface area contributed by atoms with Crippen LogP contribution in [0.3, 0.4) is 0 Å². The zero-order chi connectivity index (χ0) is 10.5. The third-order valence-corrected chi connectivity index (χ3v) is 2.89. The Kier molecular flexibility index (Phi) is 3.50. The van der Waals surface area contributed by atoms with Crippen molar-refractivity contribution in [3.05, 3.63) is 18.6 Å². The molecule has 2 N–H and O–H groups in total. The minimum Gasteiger partial charge on any atom is -0.391 e. The fourth-order valence-electron chi connectivity index (χ4n) is 2.02. The average Bonchev–Trinajstić information content (AvgIpc) is 2.46. The average molecular weight is 207 g/mol. The van der Waals surface area contributed by atoms with Crippen LogP contribution in [0.15, 0.2) is 18.6 Å². The van der Waals surface area contributed by atoms with E-state index >= 15 is 0 Å². The summed E-state index contributed by atoms with van der Waals surface area (Å²) in [6.45, 7) is 0. The van der Waals surface area contributed by atoms with Crippen LogP contribution in [0.25, 0.3) is 0 Å². The fourth-order valence-corrected chi connectivity index (χ4v) is 2.02. The Bertz CT molecular complexity index is 291. The highest BCUT2D eigenvalue weighted by Crippen LogP contribution is 2.20. The highest BCUT2D eigenvalue weighted by Gasteiger charge is 2.21. The largest absolute Gasteiger partial charge is 0.391 e. The Labute approximate surface area is 89.8 Å². The molecule has 1 fully saturated rings. The normalized spacial score (nSPS) is 27.0. The molecule has 1 saturated carbocycles. The summed E-state index contributed by atoms with van der Waals surface area (Å²) in [4.78, 5) is 7.97. The fraction of sp³-hybridized carbons (Fsp3) is 0.636. The number of hydrogen-bond acceptors (Lipinski definition) is 4. The lowest BCUT2D eigenvalue weighted by Gasteiger charge is -2.21. The molecule has 2 unspecified atom stereocenters. The van der Waals surface area contributed by atoms with Crippen LogP contribution in [-0.2, 0) is 0 Å². The minimum absolute atomic E-state index is 0.141. The van der Waals surface area contributed by atoms with Gasteiger partial charge in [0.25, 0.3) is 0 Å². The summed E-state index contributed by atoms with van der Waals surface area (Å²) < 4.78 is 0. The van der Waals surface area contributed by atoms with Crippen LogP contribution in [0.2, 0.25) is 0 Å². The van der Waals surface area contributed by atoms with Crippen LogP contribution in [0.5, 0.6) is 0 Å². The van der Waals surface area contributed by atoms with E-state index in [4.69, 9.17) is 0 Å². The summed E-state index contributed by atoms with van der Waals surface area (Å²) in [6, 6.07) is 1.97. The molecule has 15 heavy (non-hydrogen) atoms. The van der Waals surface area contributed by atoms with Crippen molar-refractivity contribution in [2.24, 2.45) is 0 Å². The van der Waals surface area contributed by atoms with E-state index in [1.54, 1.807) is 6.20 Å². The zero-order valence-corrected chi connectivity index (χ0v) is 8.76. The van der Waals surface area contributed by atoms with E-state index in [9.17, 15) is 5.11 Å². The summed E-state index contributed by atoms with van der Waals surface area (Å²) in [5.41, 5.74) is 0. The minimum atomic E-state index is -0.248. The van der Waals surface area contributed by atoms with Gasteiger partial charge in [0, 0.05) is 6.20 Å². The lowest BCUT2D eigenvalue weighted by molar-refractivity contribution is 0.144. The standard InChI is InChI=1S/C11H17N3O/c15-10-5-3-1-2-4-9(10)14-11-6-7-12-8-13-11/h6-10,15H,1-5H2,(H,12,13,14). The van der Waals surface area contributed by atoms with Gasteiger partial charge < -0.3 is 10.4 Å². The number of nitrogens with one attached hydrogen (secondary N) is 1. The predicted molar refractivity (Wildman–Crippen MR) is 58.5 cm³/mol. The van der Waals surface area contributed by atoms with Gasteiger partial charge in [-0.05, 0) is 18.9 Å². The molecule has 0 amide bonds. The van der Waals surface area contributed by atoms with Crippen molar-refractivity contribution in [3.63, 3.8) is 0 Å². The van der Waals surface area contributed by atoms with Crippen LogP contribution in [0.4, 0.5) is 5.82 Å². The molecule has 1 heterocycles. The first-order valence-electron chi connectivity index (χ1n) is 5.57. The van der Waals surface area contributed by atoms with Gasteiger partial charge >= 0.3 is 0 Å². The SMILES string of the molecule is OC1CCCCCC1Nc1ccncn1. The molecular formula is C11H17N3O. The van der Waals surface area contributed by atoms with Crippen LogP contribution in [0.1, 0.15) is 32.1 Å². The molecule has 4 heteroatoms. The van der Waals surface area contributed by atoms with Crippen molar-refractivity contribution in [1.82, 2.24) is 9.97 Å². The zero-order valence-electron chi connectivity index (χ0n) is 8.76. The van der Waals surface area contributed by atoms with E-state index in [2.05, 4.69) is 15.3 Å². The number of rotatable bonds is 2. The van der Waals surface area contributed by atoms with Gasteiger partial charge in [-0.3, -0.25) is 0 Å². The van der Waals surface area contributed by atoms with Crippen LogP contribution in [0, 0.1) is 0 Å². The Morgan fingerprint density at radius 1 is 1.27 bits per heavy atom. The Morgan fingerprint density at radius 3 is 2.93 bits per heavy atom. The topological polar surface area (TPSA) is 58.0 Å². The summed E-state index contributed by atoms with van der Waals surface area (Å²) >= 11 is 0. The van der Waals surface area contributed by atoms with E-state index < -0.39 is 0 Å². The van der Waals surface area contributed by atoms with Gasteiger partial charge in [-0.1, -0.05) is 19.3 Å². The van der Waals surface area contributed by atoms with Crippen molar-refractivity contribution < 1.29 is 5.11 Å². The molecule has 0 aromatic carbocycles. The molecule has 0 bridgehead atoms. The first-order chi connectivity index (χ1) is 7.36. The maximum Gasteiger partial charge on any atom is 0.129 e. The molecular weight excluding hydrogens is 190 g/mol. The molecule has 1 aliphatic rings. The Morgan fingerprint density at radius 2 is 2.13 bits per heavy atom. The molecule has 1 aromatic heterocycles. The molecule has 0 spiro atoms. The molecule has 1 aliphatic carbocycles. The monoisotopic (exact) mass is 207 g/mol. The Hall–Kier alpha value is -1.16. The third-order valence-electron chi connectivity index (χ3n) is 2.89. The number of hydrogen-bond donors (Lipinski definition) is 2. The molecule has 0 radical (unpaired) electrons. The highest BCUT2D eigenvalue weighted by molar-refractivity contribution is 5.33. The van der Waals surface area contributed by atoms with Crippen molar-refractivity contribution >= 4 is 5.82 Å². The number of aliphatic hydroxyl groups is 1. The molecule has 2 rings (SSSR count). The lowest BCUT2D eigenvalue weighted by atomic mass is 10.1.